The predicted octanol–water partition coefficient (Wildman–Crippen LogP) is 2.95. The van der Waals surface area contributed by atoms with E-state index >= 15 is 0 Å². The third-order valence-corrected chi connectivity index (χ3v) is 3.20. The van der Waals surface area contributed by atoms with Crippen LogP contribution in [0, 0.1) is 0 Å². The van der Waals surface area contributed by atoms with Gasteiger partial charge in [-0.3, -0.25) is 0 Å². The van der Waals surface area contributed by atoms with Gasteiger partial charge in [0, 0.05) is 16.1 Å². The topological polar surface area (TPSA) is 64.9 Å². The Morgan fingerprint density at radius 2 is 2.12 bits per heavy atom. The quantitative estimate of drug-likeness (QED) is 0.945. The molecule has 0 spiro atoms. The summed E-state index contributed by atoms with van der Waals surface area (Å²) >= 11 is 3.41. The average Bonchev–Trinajstić information content (AvgIpc) is 2.77. The van der Waals surface area contributed by atoms with Gasteiger partial charge >= 0.3 is 0 Å². The molecule has 17 heavy (non-hydrogen) atoms. The Morgan fingerprint density at radius 1 is 1.35 bits per heavy atom. The van der Waals surface area contributed by atoms with Gasteiger partial charge in [-0.2, -0.15) is 4.98 Å². The van der Waals surface area contributed by atoms with E-state index in [1.807, 2.05) is 38.1 Å². The molecule has 0 bridgehead atoms. The van der Waals surface area contributed by atoms with Crippen LogP contribution in [-0.2, 0) is 0 Å². The summed E-state index contributed by atoms with van der Waals surface area (Å²) in [5, 5.41) is 3.97. The number of hydrogen-bond donors (Lipinski definition) is 1. The second-order valence-corrected chi connectivity index (χ2v) is 5.03. The van der Waals surface area contributed by atoms with Crippen molar-refractivity contribution in [3.63, 3.8) is 0 Å². The van der Waals surface area contributed by atoms with Crippen molar-refractivity contribution in [2.24, 2.45) is 5.73 Å². The molecule has 0 aliphatic rings. The first kappa shape index (κ1) is 12.3. The SMILES string of the molecule is CC(N)C(C)c1nc(-c2cccc(Br)c2)no1. The number of halogens is 1. The predicted molar refractivity (Wildman–Crippen MR) is 69.5 cm³/mol. The summed E-state index contributed by atoms with van der Waals surface area (Å²) in [4.78, 5) is 4.36. The molecule has 1 aromatic heterocycles. The molecule has 2 unspecified atom stereocenters. The van der Waals surface area contributed by atoms with Crippen LogP contribution in [0.1, 0.15) is 25.7 Å². The van der Waals surface area contributed by atoms with Gasteiger partial charge in [0.05, 0.1) is 5.92 Å². The molecule has 0 radical (unpaired) electrons. The summed E-state index contributed by atoms with van der Waals surface area (Å²) in [6, 6.07) is 7.77. The first-order chi connectivity index (χ1) is 8.08. The van der Waals surface area contributed by atoms with Crippen molar-refractivity contribution in [1.82, 2.24) is 10.1 Å². The van der Waals surface area contributed by atoms with Crippen molar-refractivity contribution in [2.45, 2.75) is 25.8 Å². The summed E-state index contributed by atoms with van der Waals surface area (Å²) in [5.74, 6) is 1.23. The van der Waals surface area contributed by atoms with Crippen LogP contribution in [0.5, 0.6) is 0 Å². The lowest BCUT2D eigenvalue weighted by Gasteiger charge is -2.09. The Hall–Kier alpha value is -1.20. The zero-order valence-corrected chi connectivity index (χ0v) is 11.3. The molecule has 0 saturated heterocycles. The van der Waals surface area contributed by atoms with E-state index in [1.165, 1.54) is 0 Å². The molecule has 1 aromatic carbocycles. The average molecular weight is 296 g/mol. The van der Waals surface area contributed by atoms with Gasteiger partial charge in [0.1, 0.15) is 0 Å². The maximum absolute atomic E-state index is 5.80. The van der Waals surface area contributed by atoms with E-state index in [-0.39, 0.29) is 12.0 Å². The van der Waals surface area contributed by atoms with Crippen LogP contribution in [0.15, 0.2) is 33.3 Å². The van der Waals surface area contributed by atoms with Gasteiger partial charge in [-0.05, 0) is 19.1 Å². The molecule has 0 aliphatic heterocycles. The van der Waals surface area contributed by atoms with E-state index in [2.05, 4.69) is 26.1 Å². The lowest BCUT2D eigenvalue weighted by Crippen LogP contribution is -2.22. The molecular formula is C12H14BrN3O. The third-order valence-electron chi connectivity index (χ3n) is 2.70. The van der Waals surface area contributed by atoms with Gasteiger partial charge in [0.15, 0.2) is 0 Å². The molecule has 90 valence electrons. The van der Waals surface area contributed by atoms with E-state index in [1.54, 1.807) is 0 Å². The minimum absolute atomic E-state index is 0.00851. The zero-order valence-electron chi connectivity index (χ0n) is 9.72. The van der Waals surface area contributed by atoms with Gasteiger partial charge in [-0.15, -0.1) is 0 Å². The van der Waals surface area contributed by atoms with E-state index in [0.29, 0.717) is 11.7 Å². The molecule has 2 atom stereocenters. The molecule has 0 fully saturated rings. The Kier molecular flexibility index (Phi) is 3.59. The summed E-state index contributed by atoms with van der Waals surface area (Å²) in [5.41, 5.74) is 6.73. The van der Waals surface area contributed by atoms with Crippen LogP contribution in [0.4, 0.5) is 0 Å². The Bertz CT molecular complexity index is 510. The van der Waals surface area contributed by atoms with Crippen molar-refractivity contribution < 1.29 is 4.52 Å². The lowest BCUT2D eigenvalue weighted by molar-refractivity contribution is 0.347. The zero-order chi connectivity index (χ0) is 12.4. The van der Waals surface area contributed by atoms with Crippen LogP contribution >= 0.6 is 15.9 Å². The lowest BCUT2D eigenvalue weighted by atomic mass is 10.1. The van der Waals surface area contributed by atoms with E-state index < -0.39 is 0 Å². The van der Waals surface area contributed by atoms with Crippen molar-refractivity contribution in [3.8, 4) is 11.4 Å². The molecule has 2 N–H and O–H groups in total. The highest BCUT2D eigenvalue weighted by Gasteiger charge is 2.18. The number of nitrogens with two attached hydrogens (primary N) is 1. The number of benzene rings is 1. The van der Waals surface area contributed by atoms with Gasteiger partial charge in [0.25, 0.3) is 0 Å². The smallest absolute Gasteiger partial charge is 0.231 e. The molecule has 0 saturated carbocycles. The van der Waals surface area contributed by atoms with E-state index in [9.17, 15) is 0 Å². The summed E-state index contributed by atoms with van der Waals surface area (Å²) < 4.78 is 6.21. The van der Waals surface area contributed by atoms with Crippen LogP contribution < -0.4 is 5.73 Å². The molecule has 4 nitrogen and oxygen atoms in total. The molecular weight excluding hydrogens is 282 g/mol. The van der Waals surface area contributed by atoms with Crippen molar-refractivity contribution in [1.29, 1.82) is 0 Å². The van der Waals surface area contributed by atoms with E-state index in [4.69, 9.17) is 10.3 Å². The highest BCUT2D eigenvalue weighted by Crippen LogP contribution is 2.23. The van der Waals surface area contributed by atoms with E-state index in [0.717, 1.165) is 10.0 Å². The fraction of sp³-hybridized carbons (Fsp3) is 0.333. The maximum Gasteiger partial charge on any atom is 0.231 e. The van der Waals surface area contributed by atoms with Gasteiger partial charge in [-0.1, -0.05) is 40.1 Å². The minimum atomic E-state index is -0.00851. The highest BCUT2D eigenvalue weighted by atomic mass is 79.9. The van der Waals surface area contributed by atoms with Crippen LogP contribution in [0.2, 0.25) is 0 Å². The normalized spacial score (nSPS) is 14.6. The fourth-order valence-electron chi connectivity index (χ4n) is 1.39. The maximum atomic E-state index is 5.80. The molecule has 0 amide bonds. The van der Waals surface area contributed by atoms with Crippen LogP contribution in [0.3, 0.4) is 0 Å². The third kappa shape index (κ3) is 2.73. The molecule has 5 heteroatoms. The van der Waals surface area contributed by atoms with Crippen LogP contribution in [0.25, 0.3) is 11.4 Å². The molecule has 2 rings (SSSR count). The van der Waals surface area contributed by atoms with Gasteiger partial charge in [-0.25, -0.2) is 0 Å². The van der Waals surface area contributed by atoms with Crippen LogP contribution in [-0.4, -0.2) is 16.2 Å². The van der Waals surface area contributed by atoms with Gasteiger partial charge in [0.2, 0.25) is 11.7 Å². The monoisotopic (exact) mass is 295 g/mol. The second-order valence-electron chi connectivity index (χ2n) is 4.11. The van der Waals surface area contributed by atoms with Crippen molar-refractivity contribution >= 4 is 15.9 Å². The number of hydrogen-bond acceptors (Lipinski definition) is 4. The molecule has 0 aliphatic carbocycles. The highest BCUT2D eigenvalue weighted by molar-refractivity contribution is 9.10. The Balaban J connectivity index is 2.30. The van der Waals surface area contributed by atoms with Crippen molar-refractivity contribution in [2.75, 3.05) is 0 Å². The first-order valence-corrected chi connectivity index (χ1v) is 6.22. The summed E-state index contributed by atoms with van der Waals surface area (Å²) in [7, 11) is 0. The largest absolute Gasteiger partial charge is 0.339 e. The summed E-state index contributed by atoms with van der Waals surface area (Å²) in [6.45, 7) is 3.90. The number of nitrogens with zero attached hydrogens (tertiary/aromatic N) is 2. The molecule has 2 aromatic rings. The first-order valence-electron chi connectivity index (χ1n) is 5.43. The Morgan fingerprint density at radius 3 is 2.76 bits per heavy atom. The van der Waals surface area contributed by atoms with Gasteiger partial charge < -0.3 is 10.3 Å². The standard InChI is InChI=1S/C12H14BrN3O/c1-7(8(2)14)12-15-11(16-17-12)9-4-3-5-10(13)6-9/h3-8H,14H2,1-2H3. The number of aromatic nitrogens is 2. The Labute approximate surface area is 108 Å². The fourth-order valence-corrected chi connectivity index (χ4v) is 1.79. The second kappa shape index (κ2) is 4.98. The number of rotatable bonds is 3. The molecule has 1 heterocycles. The van der Waals surface area contributed by atoms with Crippen molar-refractivity contribution in [3.05, 3.63) is 34.6 Å². The summed E-state index contributed by atoms with van der Waals surface area (Å²) in [6.07, 6.45) is 0. The minimum Gasteiger partial charge on any atom is -0.339 e.